The van der Waals surface area contributed by atoms with Gasteiger partial charge >= 0.3 is 0 Å². The second kappa shape index (κ2) is 6.91. The zero-order valence-electron chi connectivity index (χ0n) is 10.6. The quantitative estimate of drug-likeness (QED) is 0.703. The van der Waals surface area contributed by atoms with Crippen molar-refractivity contribution < 1.29 is 9.53 Å². The first kappa shape index (κ1) is 14.4. The van der Waals surface area contributed by atoms with Crippen LogP contribution in [0, 0.1) is 11.8 Å². The molecule has 0 aliphatic carbocycles. The van der Waals surface area contributed by atoms with Crippen LogP contribution in [0.25, 0.3) is 0 Å². The predicted octanol–water partition coefficient (Wildman–Crippen LogP) is 1.23. The molecule has 0 radical (unpaired) electrons. The van der Waals surface area contributed by atoms with Crippen LogP contribution in [-0.2, 0) is 9.53 Å². The van der Waals surface area contributed by atoms with Crippen LogP contribution in [-0.4, -0.2) is 30.2 Å². The van der Waals surface area contributed by atoms with Crippen molar-refractivity contribution in [2.75, 3.05) is 13.2 Å². The fourth-order valence-corrected chi connectivity index (χ4v) is 2.52. The highest BCUT2D eigenvalue weighted by molar-refractivity contribution is 7.80. The second-order valence-corrected chi connectivity index (χ2v) is 4.95. The number of thiocarbonyl (C=S) groups is 1. The first-order valence-corrected chi connectivity index (χ1v) is 6.69. The van der Waals surface area contributed by atoms with Gasteiger partial charge < -0.3 is 15.8 Å². The van der Waals surface area contributed by atoms with Crippen molar-refractivity contribution >= 4 is 23.1 Å². The van der Waals surface area contributed by atoms with Gasteiger partial charge in [-0.3, -0.25) is 4.79 Å². The van der Waals surface area contributed by atoms with Gasteiger partial charge in [-0.1, -0.05) is 26.1 Å². The van der Waals surface area contributed by atoms with E-state index in [-0.39, 0.29) is 22.9 Å². The number of ether oxygens (including phenoxy) is 1. The Morgan fingerprint density at radius 1 is 1.59 bits per heavy atom. The van der Waals surface area contributed by atoms with Crippen LogP contribution in [0.3, 0.4) is 0 Å². The van der Waals surface area contributed by atoms with E-state index in [1.807, 2.05) is 6.92 Å². The van der Waals surface area contributed by atoms with Crippen LogP contribution in [0.4, 0.5) is 0 Å². The van der Waals surface area contributed by atoms with E-state index in [0.29, 0.717) is 18.9 Å². The smallest absolute Gasteiger partial charge is 0.229 e. The molecule has 1 saturated heterocycles. The standard InChI is InChI=1S/C12H22N2O2S/c1-3-9(11(13)17)12(15)14-7-8-5-6-16-10(8)4-2/h8-10H,3-7H2,1-2H3,(H2,13,17)(H,14,15). The Kier molecular flexibility index (Phi) is 5.85. The molecule has 5 heteroatoms. The molecule has 98 valence electrons. The molecule has 4 nitrogen and oxygen atoms in total. The van der Waals surface area contributed by atoms with Crippen molar-refractivity contribution in [3.8, 4) is 0 Å². The van der Waals surface area contributed by atoms with Crippen LogP contribution in [0.2, 0.25) is 0 Å². The van der Waals surface area contributed by atoms with Gasteiger partial charge in [-0.25, -0.2) is 0 Å². The Morgan fingerprint density at radius 3 is 2.82 bits per heavy atom. The summed E-state index contributed by atoms with van der Waals surface area (Å²) in [5.41, 5.74) is 5.53. The Bertz CT molecular complexity index is 284. The van der Waals surface area contributed by atoms with Crippen molar-refractivity contribution in [3.05, 3.63) is 0 Å². The normalized spacial score (nSPS) is 25.5. The van der Waals surface area contributed by atoms with Gasteiger partial charge in [0.25, 0.3) is 0 Å². The van der Waals surface area contributed by atoms with Crippen molar-refractivity contribution in [2.45, 2.75) is 39.2 Å². The number of nitrogens with one attached hydrogen (secondary N) is 1. The van der Waals surface area contributed by atoms with Gasteiger partial charge in [0.15, 0.2) is 0 Å². The van der Waals surface area contributed by atoms with E-state index in [2.05, 4.69) is 12.2 Å². The summed E-state index contributed by atoms with van der Waals surface area (Å²) < 4.78 is 5.58. The highest BCUT2D eigenvalue weighted by Gasteiger charge is 2.28. The van der Waals surface area contributed by atoms with Gasteiger partial charge in [0.2, 0.25) is 5.91 Å². The minimum atomic E-state index is -0.340. The summed E-state index contributed by atoms with van der Waals surface area (Å²) in [5.74, 6) is 0.0296. The molecule has 0 aromatic rings. The molecule has 0 aromatic carbocycles. The maximum atomic E-state index is 11.8. The maximum absolute atomic E-state index is 11.8. The first-order chi connectivity index (χ1) is 8.10. The molecule has 1 heterocycles. The van der Waals surface area contributed by atoms with Crippen LogP contribution >= 0.6 is 12.2 Å². The third kappa shape index (κ3) is 3.92. The summed E-state index contributed by atoms with van der Waals surface area (Å²) in [7, 11) is 0. The highest BCUT2D eigenvalue weighted by Crippen LogP contribution is 2.22. The van der Waals surface area contributed by atoms with E-state index in [9.17, 15) is 4.79 Å². The van der Waals surface area contributed by atoms with Gasteiger partial charge in [0.05, 0.1) is 17.0 Å². The van der Waals surface area contributed by atoms with Crippen LogP contribution < -0.4 is 11.1 Å². The Labute approximate surface area is 108 Å². The van der Waals surface area contributed by atoms with E-state index in [4.69, 9.17) is 22.7 Å². The number of nitrogens with two attached hydrogens (primary N) is 1. The number of rotatable bonds is 6. The molecule has 1 amide bonds. The zero-order valence-corrected chi connectivity index (χ0v) is 11.4. The Hall–Kier alpha value is -0.680. The van der Waals surface area contributed by atoms with E-state index in [1.54, 1.807) is 0 Å². The maximum Gasteiger partial charge on any atom is 0.229 e. The summed E-state index contributed by atoms with van der Waals surface area (Å²) in [4.78, 5) is 12.1. The molecular weight excluding hydrogens is 236 g/mol. The fraction of sp³-hybridized carbons (Fsp3) is 0.833. The topological polar surface area (TPSA) is 64.3 Å². The number of carbonyl (C=O) groups excluding carboxylic acids is 1. The summed E-state index contributed by atoms with van der Waals surface area (Å²) in [5, 5.41) is 2.93. The van der Waals surface area contributed by atoms with Gasteiger partial charge in [-0.05, 0) is 19.3 Å². The summed E-state index contributed by atoms with van der Waals surface area (Å²) in [6, 6.07) is 0. The molecule has 17 heavy (non-hydrogen) atoms. The molecule has 1 fully saturated rings. The van der Waals surface area contributed by atoms with Crippen molar-refractivity contribution in [1.29, 1.82) is 0 Å². The fourth-order valence-electron chi connectivity index (χ4n) is 2.25. The Morgan fingerprint density at radius 2 is 2.29 bits per heavy atom. The summed E-state index contributed by atoms with van der Waals surface area (Å²) in [6.07, 6.45) is 2.94. The molecule has 0 bridgehead atoms. The van der Waals surface area contributed by atoms with Crippen LogP contribution in [0.5, 0.6) is 0 Å². The monoisotopic (exact) mass is 258 g/mol. The van der Waals surface area contributed by atoms with Crippen LogP contribution in [0.1, 0.15) is 33.1 Å². The molecule has 3 N–H and O–H groups in total. The minimum absolute atomic E-state index is 0.0539. The number of amides is 1. The third-order valence-electron chi connectivity index (χ3n) is 3.36. The molecule has 0 spiro atoms. The average Bonchev–Trinajstić information content (AvgIpc) is 2.74. The molecule has 3 atom stereocenters. The molecular formula is C12H22N2O2S. The molecule has 0 aromatic heterocycles. The molecule has 1 aliphatic heterocycles. The summed E-state index contributed by atoms with van der Waals surface area (Å²) in [6.45, 7) is 5.48. The summed E-state index contributed by atoms with van der Waals surface area (Å²) >= 11 is 4.88. The van der Waals surface area contributed by atoms with Crippen molar-refractivity contribution in [2.24, 2.45) is 17.6 Å². The molecule has 1 rings (SSSR count). The van der Waals surface area contributed by atoms with Gasteiger partial charge in [-0.15, -0.1) is 0 Å². The lowest BCUT2D eigenvalue weighted by atomic mass is 9.99. The van der Waals surface area contributed by atoms with Gasteiger partial charge in [0.1, 0.15) is 0 Å². The van der Waals surface area contributed by atoms with Crippen molar-refractivity contribution in [3.63, 3.8) is 0 Å². The first-order valence-electron chi connectivity index (χ1n) is 6.28. The van der Waals surface area contributed by atoms with E-state index in [1.165, 1.54) is 0 Å². The van der Waals surface area contributed by atoms with Gasteiger partial charge in [-0.2, -0.15) is 0 Å². The predicted molar refractivity (Wildman–Crippen MR) is 71.7 cm³/mol. The van der Waals surface area contributed by atoms with E-state index < -0.39 is 0 Å². The number of carbonyl (C=O) groups is 1. The lowest BCUT2D eigenvalue weighted by Gasteiger charge is -2.19. The minimum Gasteiger partial charge on any atom is -0.393 e. The second-order valence-electron chi connectivity index (χ2n) is 4.47. The number of hydrogen-bond donors (Lipinski definition) is 2. The van der Waals surface area contributed by atoms with E-state index in [0.717, 1.165) is 19.4 Å². The molecule has 0 saturated carbocycles. The average molecular weight is 258 g/mol. The highest BCUT2D eigenvalue weighted by atomic mass is 32.1. The zero-order chi connectivity index (χ0) is 12.8. The Balaban J connectivity index is 2.39. The lowest BCUT2D eigenvalue weighted by Crippen LogP contribution is -2.40. The SMILES string of the molecule is CCC(C(=O)NCC1CCOC1CC)C(N)=S. The largest absolute Gasteiger partial charge is 0.393 e. The molecule has 1 aliphatic rings. The molecule has 3 unspecified atom stereocenters. The van der Waals surface area contributed by atoms with Crippen molar-refractivity contribution in [1.82, 2.24) is 5.32 Å². The van der Waals surface area contributed by atoms with E-state index >= 15 is 0 Å². The third-order valence-corrected chi connectivity index (χ3v) is 3.64. The van der Waals surface area contributed by atoms with Gasteiger partial charge in [0, 0.05) is 19.1 Å². The lowest BCUT2D eigenvalue weighted by molar-refractivity contribution is -0.123. The van der Waals surface area contributed by atoms with Crippen LogP contribution in [0.15, 0.2) is 0 Å². The number of hydrogen-bond acceptors (Lipinski definition) is 3.